The van der Waals surface area contributed by atoms with Crippen molar-refractivity contribution in [3.63, 3.8) is 0 Å². The Morgan fingerprint density at radius 3 is 2.31 bits per heavy atom. The molecule has 170 valence electrons. The van der Waals surface area contributed by atoms with E-state index >= 15 is 0 Å². The highest BCUT2D eigenvalue weighted by atomic mass is 32.2. The number of benzene rings is 2. The molecule has 0 saturated heterocycles. The van der Waals surface area contributed by atoms with Crippen LogP contribution in [0.4, 0.5) is 24.5 Å². The van der Waals surface area contributed by atoms with Gasteiger partial charge in [-0.1, -0.05) is 17.8 Å². The Morgan fingerprint density at radius 1 is 1.09 bits per heavy atom. The maximum atomic E-state index is 13.7. The predicted molar refractivity (Wildman–Crippen MR) is 114 cm³/mol. The molecule has 1 aromatic heterocycles. The monoisotopic (exact) mass is 485 g/mol. The standard InChI is InChI=1S/C19H18F3N5O3S2/c1-26-16(10-27(32(2,29)30)13-8-6-12(20)7-9-13)24-25-19(26)31-11-17(28)23-18-14(21)4-3-5-15(18)22/h3-9H,10-11H2,1-2H3,(H,23,28). The number of hydrogen-bond acceptors (Lipinski definition) is 6. The van der Waals surface area contributed by atoms with Crippen LogP contribution in [0, 0.1) is 17.5 Å². The number of anilines is 2. The third-order valence-corrected chi connectivity index (χ3v) is 6.45. The number of hydrogen-bond donors (Lipinski definition) is 1. The molecule has 1 amide bonds. The van der Waals surface area contributed by atoms with Crippen LogP contribution in [0.1, 0.15) is 5.82 Å². The third kappa shape index (κ3) is 5.59. The van der Waals surface area contributed by atoms with Crippen molar-refractivity contribution in [3.8, 4) is 0 Å². The number of carbonyl (C=O) groups is 1. The number of rotatable bonds is 8. The molecule has 0 fully saturated rings. The van der Waals surface area contributed by atoms with Gasteiger partial charge in [-0.3, -0.25) is 9.10 Å². The molecule has 0 aliphatic rings. The van der Waals surface area contributed by atoms with Crippen LogP contribution in [0.3, 0.4) is 0 Å². The van der Waals surface area contributed by atoms with Gasteiger partial charge in [0.15, 0.2) is 11.0 Å². The van der Waals surface area contributed by atoms with E-state index in [0.29, 0.717) is 0 Å². The van der Waals surface area contributed by atoms with E-state index in [0.717, 1.165) is 46.6 Å². The summed E-state index contributed by atoms with van der Waals surface area (Å²) >= 11 is 0.954. The Bertz CT molecular complexity index is 1210. The van der Waals surface area contributed by atoms with E-state index in [-0.39, 0.29) is 29.0 Å². The largest absolute Gasteiger partial charge is 0.320 e. The molecule has 0 bridgehead atoms. The summed E-state index contributed by atoms with van der Waals surface area (Å²) in [7, 11) is -2.14. The molecule has 1 N–H and O–H groups in total. The van der Waals surface area contributed by atoms with Gasteiger partial charge in [-0.05, 0) is 36.4 Å². The van der Waals surface area contributed by atoms with E-state index in [4.69, 9.17) is 0 Å². The van der Waals surface area contributed by atoms with Gasteiger partial charge < -0.3 is 9.88 Å². The summed E-state index contributed by atoms with van der Waals surface area (Å²) in [6.07, 6.45) is 1.01. The second-order valence-electron chi connectivity index (χ2n) is 6.64. The van der Waals surface area contributed by atoms with Crippen LogP contribution < -0.4 is 9.62 Å². The summed E-state index contributed by atoms with van der Waals surface area (Å²) < 4.78 is 67.5. The molecule has 0 radical (unpaired) electrons. The van der Waals surface area contributed by atoms with Gasteiger partial charge in [-0.2, -0.15) is 0 Å². The van der Waals surface area contributed by atoms with Crippen molar-refractivity contribution in [1.29, 1.82) is 0 Å². The van der Waals surface area contributed by atoms with Crippen molar-refractivity contribution in [1.82, 2.24) is 14.8 Å². The van der Waals surface area contributed by atoms with Crippen LogP contribution in [-0.2, 0) is 28.4 Å². The van der Waals surface area contributed by atoms with Gasteiger partial charge in [0.1, 0.15) is 23.1 Å². The number of sulfonamides is 1. The normalized spacial score (nSPS) is 11.4. The van der Waals surface area contributed by atoms with Gasteiger partial charge in [-0.15, -0.1) is 10.2 Å². The summed E-state index contributed by atoms with van der Waals surface area (Å²) in [6.45, 7) is -0.179. The fraction of sp³-hybridized carbons (Fsp3) is 0.211. The van der Waals surface area contributed by atoms with Crippen LogP contribution in [0.25, 0.3) is 0 Å². The molecular formula is C19H18F3N5O3S2. The predicted octanol–water partition coefficient (Wildman–Crippen LogP) is 2.93. The van der Waals surface area contributed by atoms with E-state index in [1.807, 2.05) is 0 Å². The van der Waals surface area contributed by atoms with Crippen molar-refractivity contribution in [2.24, 2.45) is 7.05 Å². The van der Waals surface area contributed by atoms with E-state index in [9.17, 15) is 26.4 Å². The first-order valence-electron chi connectivity index (χ1n) is 9.04. The SMILES string of the molecule is Cn1c(CN(c2ccc(F)cc2)S(C)(=O)=O)nnc1SCC(=O)Nc1c(F)cccc1F. The second kappa shape index (κ2) is 9.61. The fourth-order valence-electron chi connectivity index (χ4n) is 2.67. The molecule has 8 nitrogen and oxygen atoms in total. The molecule has 3 aromatic rings. The topological polar surface area (TPSA) is 97.2 Å². The highest BCUT2D eigenvalue weighted by Crippen LogP contribution is 2.23. The minimum Gasteiger partial charge on any atom is -0.320 e. The number of para-hydroxylation sites is 1. The first-order valence-corrected chi connectivity index (χ1v) is 11.9. The average Bonchev–Trinajstić information content (AvgIpc) is 3.07. The fourth-order valence-corrected chi connectivity index (χ4v) is 4.25. The van der Waals surface area contributed by atoms with E-state index in [1.165, 1.54) is 22.8 Å². The maximum Gasteiger partial charge on any atom is 0.235 e. The first kappa shape index (κ1) is 23.6. The first-order chi connectivity index (χ1) is 15.1. The molecule has 2 aromatic carbocycles. The minimum atomic E-state index is -3.72. The Hall–Kier alpha value is -3.06. The Balaban J connectivity index is 1.70. The van der Waals surface area contributed by atoms with E-state index < -0.39 is 39.1 Å². The number of amides is 1. The van der Waals surface area contributed by atoms with Gasteiger partial charge >= 0.3 is 0 Å². The summed E-state index contributed by atoms with van der Waals surface area (Å²) in [5, 5.41) is 10.4. The van der Waals surface area contributed by atoms with Gasteiger partial charge in [-0.25, -0.2) is 21.6 Å². The van der Waals surface area contributed by atoms with E-state index in [1.54, 1.807) is 7.05 Å². The van der Waals surface area contributed by atoms with Gasteiger partial charge in [0, 0.05) is 7.05 Å². The Labute approximate surface area is 186 Å². The lowest BCUT2D eigenvalue weighted by molar-refractivity contribution is -0.113. The Morgan fingerprint density at radius 2 is 1.72 bits per heavy atom. The number of aromatic nitrogens is 3. The molecule has 0 spiro atoms. The lowest BCUT2D eigenvalue weighted by Gasteiger charge is -2.21. The Kier molecular flexibility index (Phi) is 7.09. The van der Waals surface area contributed by atoms with Crippen LogP contribution in [0.2, 0.25) is 0 Å². The zero-order chi connectivity index (χ0) is 23.5. The van der Waals surface area contributed by atoms with Crippen molar-refractivity contribution < 1.29 is 26.4 Å². The number of halogens is 3. The number of carbonyl (C=O) groups excluding carboxylic acids is 1. The maximum absolute atomic E-state index is 13.7. The average molecular weight is 486 g/mol. The van der Waals surface area contributed by atoms with Crippen LogP contribution in [0.5, 0.6) is 0 Å². The molecule has 0 aliphatic heterocycles. The number of nitrogens with one attached hydrogen (secondary N) is 1. The summed E-state index contributed by atoms with van der Waals surface area (Å²) in [5.41, 5.74) is -0.294. The molecule has 0 unspecified atom stereocenters. The zero-order valence-electron chi connectivity index (χ0n) is 16.9. The van der Waals surface area contributed by atoms with Crippen LogP contribution >= 0.6 is 11.8 Å². The zero-order valence-corrected chi connectivity index (χ0v) is 18.6. The molecule has 0 aliphatic carbocycles. The molecule has 1 heterocycles. The highest BCUT2D eigenvalue weighted by Gasteiger charge is 2.22. The van der Waals surface area contributed by atoms with Crippen molar-refractivity contribution in [2.75, 3.05) is 21.6 Å². The molecule has 0 saturated carbocycles. The van der Waals surface area contributed by atoms with Crippen molar-refractivity contribution in [3.05, 3.63) is 65.7 Å². The third-order valence-electron chi connectivity index (χ3n) is 4.28. The van der Waals surface area contributed by atoms with Crippen LogP contribution in [0.15, 0.2) is 47.6 Å². The van der Waals surface area contributed by atoms with Gasteiger partial charge in [0.25, 0.3) is 0 Å². The lowest BCUT2D eigenvalue weighted by Crippen LogP contribution is -2.30. The smallest absolute Gasteiger partial charge is 0.235 e. The van der Waals surface area contributed by atoms with Crippen molar-refractivity contribution >= 4 is 39.1 Å². The molecule has 32 heavy (non-hydrogen) atoms. The highest BCUT2D eigenvalue weighted by molar-refractivity contribution is 7.99. The number of nitrogens with zero attached hydrogens (tertiary/aromatic N) is 4. The minimum absolute atomic E-state index is 0.179. The molecule has 0 atom stereocenters. The second-order valence-corrected chi connectivity index (χ2v) is 9.49. The van der Waals surface area contributed by atoms with E-state index in [2.05, 4.69) is 15.5 Å². The molecule has 13 heteroatoms. The summed E-state index contributed by atoms with van der Waals surface area (Å²) in [4.78, 5) is 12.1. The van der Waals surface area contributed by atoms with Crippen LogP contribution in [-0.4, -0.2) is 41.1 Å². The quantitative estimate of drug-likeness (QED) is 0.493. The van der Waals surface area contributed by atoms with Gasteiger partial charge in [0.2, 0.25) is 15.9 Å². The summed E-state index contributed by atoms with van der Waals surface area (Å²) in [6, 6.07) is 8.17. The molecular weight excluding hydrogens is 467 g/mol. The van der Waals surface area contributed by atoms with Crippen molar-refractivity contribution in [2.45, 2.75) is 11.7 Å². The van der Waals surface area contributed by atoms with Gasteiger partial charge in [0.05, 0.1) is 24.2 Å². The lowest BCUT2D eigenvalue weighted by atomic mass is 10.3. The number of thioether (sulfide) groups is 1. The summed E-state index contributed by atoms with van der Waals surface area (Å²) in [5.74, 6) is -2.91. The molecule has 3 rings (SSSR count).